The Balaban J connectivity index is 1.47. The number of hydrogen-bond acceptors (Lipinski definition) is 5. The van der Waals surface area contributed by atoms with E-state index in [0.29, 0.717) is 39.0 Å². The summed E-state index contributed by atoms with van der Waals surface area (Å²) in [7, 11) is 0. The predicted molar refractivity (Wildman–Crippen MR) is 87.2 cm³/mol. The molecule has 22 heavy (non-hydrogen) atoms. The maximum absolute atomic E-state index is 12.2. The lowest BCUT2D eigenvalue weighted by atomic mass is 10.2. The lowest BCUT2D eigenvalue weighted by molar-refractivity contribution is -0.132. The van der Waals surface area contributed by atoms with Gasteiger partial charge < -0.3 is 9.80 Å². The van der Waals surface area contributed by atoms with E-state index in [4.69, 9.17) is 0 Å². The van der Waals surface area contributed by atoms with Crippen molar-refractivity contribution in [2.45, 2.75) is 12.8 Å². The van der Waals surface area contributed by atoms with Gasteiger partial charge in [0.05, 0.1) is 16.8 Å². The smallest absolute Gasteiger partial charge is 0.254 e. The first kappa shape index (κ1) is 15.2. The monoisotopic (exact) mass is 335 g/mol. The zero-order valence-electron chi connectivity index (χ0n) is 12.1. The van der Waals surface area contributed by atoms with E-state index < -0.39 is 0 Å². The number of carbonyl (C=O) groups is 2. The summed E-state index contributed by atoms with van der Waals surface area (Å²) < 4.78 is 0. The van der Waals surface area contributed by atoms with Crippen LogP contribution in [0.1, 0.15) is 22.5 Å². The second-order valence-corrected chi connectivity index (χ2v) is 6.66. The fraction of sp³-hybridized carbons (Fsp3) is 0.400. The molecule has 2 aromatic heterocycles. The number of rotatable bonds is 4. The number of amides is 2. The highest BCUT2D eigenvalue weighted by Gasteiger charge is 2.24. The Morgan fingerprint density at radius 1 is 1.09 bits per heavy atom. The molecule has 1 aliphatic heterocycles. The predicted octanol–water partition coefficient (Wildman–Crippen LogP) is 2.12. The Bertz CT molecular complexity index is 617. The lowest BCUT2D eigenvalue weighted by Gasteiger charge is -2.34. The van der Waals surface area contributed by atoms with Gasteiger partial charge in [-0.25, -0.2) is 4.98 Å². The third kappa shape index (κ3) is 3.53. The second-order valence-electron chi connectivity index (χ2n) is 5.16. The molecule has 3 heterocycles. The number of nitrogens with zero attached hydrogens (tertiary/aromatic N) is 3. The van der Waals surface area contributed by atoms with E-state index in [0.717, 1.165) is 11.3 Å². The molecule has 1 saturated heterocycles. The Morgan fingerprint density at radius 3 is 2.50 bits per heavy atom. The van der Waals surface area contributed by atoms with Gasteiger partial charge in [0.1, 0.15) is 0 Å². The van der Waals surface area contributed by atoms with Gasteiger partial charge in [-0.1, -0.05) is 0 Å². The van der Waals surface area contributed by atoms with Crippen LogP contribution < -0.4 is 0 Å². The average Bonchev–Trinajstić information content (AvgIpc) is 3.25. The van der Waals surface area contributed by atoms with Gasteiger partial charge >= 0.3 is 0 Å². The zero-order valence-corrected chi connectivity index (χ0v) is 13.7. The number of aromatic nitrogens is 1. The number of carbonyl (C=O) groups excluding carboxylic acids is 2. The normalized spacial score (nSPS) is 15.1. The summed E-state index contributed by atoms with van der Waals surface area (Å²) in [6.07, 6.45) is 1.18. The molecule has 0 atom stereocenters. The van der Waals surface area contributed by atoms with Gasteiger partial charge in [0, 0.05) is 43.4 Å². The Morgan fingerprint density at radius 2 is 1.86 bits per heavy atom. The third-order valence-electron chi connectivity index (χ3n) is 3.77. The highest BCUT2D eigenvalue weighted by Crippen LogP contribution is 2.13. The van der Waals surface area contributed by atoms with E-state index in [-0.39, 0.29) is 11.8 Å². The number of piperazine rings is 1. The van der Waals surface area contributed by atoms with Gasteiger partial charge in [-0.05, 0) is 17.9 Å². The molecule has 7 heteroatoms. The minimum absolute atomic E-state index is 0.0656. The Hall–Kier alpha value is -1.73. The van der Waals surface area contributed by atoms with E-state index in [1.807, 2.05) is 32.0 Å². The summed E-state index contributed by atoms with van der Waals surface area (Å²) in [4.78, 5) is 32.3. The summed E-state index contributed by atoms with van der Waals surface area (Å²) in [6.45, 7) is 2.45. The van der Waals surface area contributed by atoms with Crippen LogP contribution in [0.15, 0.2) is 27.7 Å². The first-order chi connectivity index (χ1) is 10.7. The zero-order chi connectivity index (χ0) is 15.4. The van der Waals surface area contributed by atoms with Gasteiger partial charge in [-0.2, -0.15) is 11.3 Å². The van der Waals surface area contributed by atoms with Crippen LogP contribution in [-0.4, -0.2) is 52.8 Å². The van der Waals surface area contributed by atoms with Crippen LogP contribution in [0.2, 0.25) is 0 Å². The SMILES string of the molecule is O=C(CCc1cscn1)N1CCN(C(=O)c2ccsc2)CC1. The molecule has 0 N–H and O–H groups in total. The number of thiophene rings is 1. The largest absolute Gasteiger partial charge is 0.339 e. The van der Waals surface area contributed by atoms with Crippen molar-refractivity contribution in [2.24, 2.45) is 0 Å². The van der Waals surface area contributed by atoms with Crippen molar-refractivity contribution in [1.82, 2.24) is 14.8 Å². The maximum Gasteiger partial charge on any atom is 0.254 e. The average molecular weight is 335 g/mol. The van der Waals surface area contributed by atoms with Crippen LogP contribution >= 0.6 is 22.7 Å². The van der Waals surface area contributed by atoms with Gasteiger partial charge in [0.25, 0.3) is 5.91 Å². The standard InChI is InChI=1S/C15H17N3O2S2/c19-14(2-1-13-10-22-11-16-13)17-4-6-18(7-5-17)15(20)12-3-8-21-9-12/h3,8-11H,1-2,4-7H2. The molecule has 1 fully saturated rings. The quantitative estimate of drug-likeness (QED) is 0.860. The topological polar surface area (TPSA) is 53.5 Å². The van der Waals surface area contributed by atoms with Crippen molar-refractivity contribution in [1.29, 1.82) is 0 Å². The number of aryl methyl sites for hydroxylation is 1. The van der Waals surface area contributed by atoms with E-state index >= 15 is 0 Å². The molecule has 0 aromatic carbocycles. The second kappa shape index (κ2) is 7.02. The molecule has 0 unspecified atom stereocenters. The molecule has 5 nitrogen and oxygen atoms in total. The van der Waals surface area contributed by atoms with Crippen molar-refractivity contribution in [3.63, 3.8) is 0 Å². The molecule has 1 aliphatic rings. The van der Waals surface area contributed by atoms with Crippen molar-refractivity contribution < 1.29 is 9.59 Å². The van der Waals surface area contributed by atoms with Gasteiger partial charge in [0.15, 0.2) is 0 Å². The lowest BCUT2D eigenvalue weighted by Crippen LogP contribution is -2.50. The maximum atomic E-state index is 12.2. The summed E-state index contributed by atoms with van der Waals surface area (Å²) in [6, 6.07) is 1.85. The highest BCUT2D eigenvalue weighted by molar-refractivity contribution is 7.08. The van der Waals surface area contributed by atoms with Crippen LogP contribution in [0.4, 0.5) is 0 Å². The number of hydrogen-bond donors (Lipinski definition) is 0. The molecule has 0 bridgehead atoms. The van der Waals surface area contributed by atoms with E-state index in [1.165, 1.54) is 11.3 Å². The molecule has 0 saturated carbocycles. The fourth-order valence-corrected chi connectivity index (χ4v) is 3.70. The van der Waals surface area contributed by atoms with Crippen molar-refractivity contribution in [3.8, 4) is 0 Å². The highest BCUT2D eigenvalue weighted by atomic mass is 32.1. The molecular formula is C15H17N3O2S2. The molecule has 0 aliphatic carbocycles. The third-order valence-corrected chi connectivity index (χ3v) is 5.08. The first-order valence-electron chi connectivity index (χ1n) is 7.20. The molecular weight excluding hydrogens is 318 g/mol. The molecule has 116 valence electrons. The first-order valence-corrected chi connectivity index (χ1v) is 9.09. The van der Waals surface area contributed by atoms with Crippen molar-refractivity contribution in [3.05, 3.63) is 39.0 Å². The van der Waals surface area contributed by atoms with Crippen LogP contribution in [0.25, 0.3) is 0 Å². The van der Waals surface area contributed by atoms with Crippen LogP contribution in [0, 0.1) is 0 Å². The summed E-state index contributed by atoms with van der Waals surface area (Å²) >= 11 is 3.08. The molecule has 3 rings (SSSR count). The minimum Gasteiger partial charge on any atom is -0.339 e. The van der Waals surface area contributed by atoms with Crippen LogP contribution in [-0.2, 0) is 11.2 Å². The fourth-order valence-electron chi connectivity index (χ4n) is 2.48. The van der Waals surface area contributed by atoms with Crippen molar-refractivity contribution in [2.75, 3.05) is 26.2 Å². The van der Waals surface area contributed by atoms with E-state index in [2.05, 4.69) is 4.98 Å². The molecule has 0 radical (unpaired) electrons. The molecule has 0 spiro atoms. The van der Waals surface area contributed by atoms with E-state index in [1.54, 1.807) is 16.8 Å². The van der Waals surface area contributed by atoms with Gasteiger partial charge in [0.2, 0.25) is 5.91 Å². The summed E-state index contributed by atoms with van der Waals surface area (Å²) in [5.41, 5.74) is 3.51. The number of thiazole rings is 1. The molecule has 2 amide bonds. The van der Waals surface area contributed by atoms with E-state index in [9.17, 15) is 9.59 Å². The molecule has 2 aromatic rings. The van der Waals surface area contributed by atoms with Crippen LogP contribution in [0.5, 0.6) is 0 Å². The van der Waals surface area contributed by atoms with Crippen LogP contribution in [0.3, 0.4) is 0 Å². The summed E-state index contributed by atoms with van der Waals surface area (Å²) in [5, 5.41) is 5.75. The Kier molecular flexibility index (Phi) is 4.84. The summed E-state index contributed by atoms with van der Waals surface area (Å²) in [5.74, 6) is 0.214. The minimum atomic E-state index is 0.0656. The van der Waals surface area contributed by atoms with Crippen molar-refractivity contribution >= 4 is 34.5 Å². The van der Waals surface area contributed by atoms with Gasteiger partial charge in [-0.15, -0.1) is 11.3 Å². The Labute approximate surface area is 137 Å². The van der Waals surface area contributed by atoms with Gasteiger partial charge in [-0.3, -0.25) is 9.59 Å².